The van der Waals surface area contributed by atoms with Crippen molar-refractivity contribution in [3.05, 3.63) is 239 Å². The fraction of sp³-hybridized carbons (Fsp3) is 0.200. The van der Waals surface area contributed by atoms with Crippen molar-refractivity contribution in [1.29, 1.82) is 0 Å². The maximum absolute atomic E-state index is 14.3. The van der Waals surface area contributed by atoms with E-state index >= 15 is 0 Å². The molecule has 15 nitrogen and oxygen atoms in total. The van der Waals surface area contributed by atoms with Gasteiger partial charge in [-0.25, -0.2) is 28.8 Å². The van der Waals surface area contributed by atoms with Crippen LogP contribution in [0.25, 0.3) is 11.1 Å². The normalized spacial score (nSPS) is 18.4. The number of amides is 1. The second kappa shape index (κ2) is 24.2. The van der Waals surface area contributed by atoms with Crippen molar-refractivity contribution in [2.45, 2.75) is 62.3 Å². The van der Waals surface area contributed by atoms with Crippen LogP contribution >= 0.6 is 0 Å². The molecule has 0 radical (unpaired) electrons. The number of esters is 5. The van der Waals surface area contributed by atoms with Crippen molar-refractivity contribution in [2.24, 2.45) is 0 Å². The standard InChI is InChI=1S/C60H51NO14/c1-38(50(58(66)68-35-39-21-7-2-8-22-39)61-60(67)70-36-48-46-33-19-17-31-44(46)45-32-18-20-34-47(45)48)71-59-53(75-57(65)43-29-15-6-16-30-43)52(74-56(64)42-27-13-5-14-28-42)51(73-55(63)41-25-11-4-12-26-41)49(72-59)37-69-54(62)40-23-9-3-10-24-40/h2-34,38,48-53,59H,35-37H2,1H3,(H,61,67)/t38-,49+,50+,51+,52-,53+,59+/m0/s1. The predicted molar refractivity (Wildman–Crippen MR) is 271 cm³/mol. The zero-order valence-corrected chi connectivity index (χ0v) is 40.5. The molecular weight excluding hydrogens is 959 g/mol. The summed E-state index contributed by atoms with van der Waals surface area (Å²) in [7, 11) is 0. The van der Waals surface area contributed by atoms with Gasteiger partial charge in [-0.3, -0.25) is 0 Å². The first-order valence-electron chi connectivity index (χ1n) is 24.2. The van der Waals surface area contributed by atoms with Gasteiger partial charge in [0.1, 0.15) is 25.9 Å². The number of carbonyl (C=O) groups excluding carboxylic acids is 6. The molecule has 380 valence electrons. The van der Waals surface area contributed by atoms with Crippen LogP contribution in [0.2, 0.25) is 0 Å². The second-order valence-electron chi connectivity index (χ2n) is 17.6. The lowest BCUT2D eigenvalue weighted by Gasteiger charge is -2.45. The zero-order valence-electron chi connectivity index (χ0n) is 40.5. The summed E-state index contributed by atoms with van der Waals surface area (Å²) in [6.45, 7) is 0.529. The van der Waals surface area contributed by atoms with Crippen LogP contribution in [0.15, 0.2) is 200 Å². The van der Waals surface area contributed by atoms with Gasteiger partial charge in [-0.1, -0.05) is 152 Å². The molecule has 15 heteroatoms. The summed E-state index contributed by atoms with van der Waals surface area (Å²) in [5.74, 6) is -4.77. The topological polar surface area (TPSA) is 188 Å². The molecule has 1 aliphatic heterocycles. The summed E-state index contributed by atoms with van der Waals surface area (Å²) >= 11 is 0. The van der Waals surface area contributed by atoms with E-state index in [2.05, 4.69) is 5.32 Å². The molecule has 0 saturated carbocycles. The maximum atomic E-state index is 14.3. The minimum atomic E-state index is -1.82. The average molecular weight is 1010 g/mol. The number of alkyl carbamates (subject to hydrolysis) is 1. The maximum Gasteiger partial charge on any atom is 0.407 e. The first-order valence-corrected chi connectivity index (χ1v) is 24.2. The van der Waals surface area contributed by atoms with Crippen LogP contribution in [-0.4, -0.2) is 92.0 Å². The molecule has 9 rings (SSSR count). The van der Waals surface area contributed by atoms with Gasteiger partial charge in [-0.05, 0) is 83.3 Å². The Morgan fingerprint density at radius 1 is 0.467 bits per heavy atom. The highest BCUT2D eigenvalue weighted by atomic mass is 16.7. The van der Waals surface area contributed by atoms with Crippen molar-refractivity contribution in [3.8, 4) is 11.1 Å². The summed E-state index contributed by atoms with van der Waals surface area (Å²) in [5, 5.41) is 2.64. The van der Waals surface area contributed by atoms with Crippen molar-refractivity contribution in [3.63, 3.8) is 0 Å². The number of nitrogens with one attached hydrogen (secondary N) is 1. The molecule has 1 heterocycles. The highest BCUT2D eigenvalue weighted by molar-refractivity contribution is 5.92. The Kier molecular flexibility index (Phi) is 16.5. The molecule has 1 fully saturated rings. The Labute approximate surface area is 432 Å². The SMILES string of the molecule is C[C@H](O[C@@H]1O[C@H](COC(=O)c2ccccc2)[C@@H](OC(=O)c2ccccc2)[C@H](OC(=O)c2ccccc2)[C@H]1OC(=O)c1ccccc1)[C@@H](NC(=O)OCC1c2ccccc2-c2ccccc21)C(=O)OCc1ccccc1. The van der Waals surface area contributed by atoms with Crippen LogP contribution in [-0.2, 0) is 49.3 Å². The molecule has 0 bridgehead atoms. The Balaban J connectivity index is 1.06. The fourth-order valence-electron chi connectivity index (χ4n) is 8.88. The molecule has 0 unspecified atom stereocenters. The molecule has 1 aliphatic carbocycles. The van der Waals surface area contributed by atoms with E-state index in [1.165, 1.54) is 55.5 Å². The summed E-state index contributed by atoms with van der Waals surface area (Å²) < 4.78 is 49.1. The Bertz CT molecular complexity index is 3040. The van der Waals surface area contributed by atoms with E-state index in [1.807, 2.05) is 48.5 Å². The third kappa shape index (κ3) is 12.5. The third-order valence-electron chi connectivity index (χ3n) is 12.7. The lowest BCUT2D eigenvalue weighted by atomic mass is 9.97. The van der Waals surface area contributed by atoms with Gasteiger partial charge in [-0.2, -0.15) is 0 Å². The molecule has 0 spiro atoms. The molecule has 1 N–H and O–H groups in total. The van der Waals surface area contributed by atoms with Gasteiger partial charge in [0, 0.05) is 5.92 Å². The van der Waals surface area contributed by atoms with Crippen LogP contribution in [0.5, 0.6) is 0 Å². The number of fused-ring (bicyclic) bond motifs is 3. The number of hydrogen-bond acceptors (Lipinski definition) is 14. The van der Waals surface area contributed by atoms with Gasteiger partial charge < -0.3 is 43.2 Å². The van der Waals surface area contributed by atoms with Crippen LogP contribution < -0.4 is 5.32 Å². The molecule has 7 atom stereocenters. The lowest BCUT2D eigenvalue weighted by Crippen LogP contribution is -2.64. The zero-order chi connectivity index (χ0) is 52.1. The minimum absolute atomic E-state index is 0.0773. The van der Waals surface area contributed by atoms with E-state index in [9.17, 15) is 28.8 Å². The third-order valence-corrected chi connectivity index (χ3v) is 12.7. The summed E-state index contributed by atoms with van der Waals surface area (Å²) in [6.07, 6.45) is -11.0. The Morgan fingerprint density at radius 2 is 0.893 bits per heavy atom. The van der Waals surface area contributed by atoms with Gasteiger partial charge in [0.25, 0.3) is 0 Å². The Hall–Kier alpha value is -8.92. The van der Waals surface area contributed by atoms with E-state index in [-0.39, 0.29) is 41.4 Å². The van der Waals surface area contributed by atoms with Crippen molar-refractivity contribution < 1.29 is 66.7 Å². The molecule has 1 saturated heterocycles. The number of hydrogen-bond donors (Lipinski definition) is 1. The van der Waals surface area contributed by atoms with E-state index in [1.54, 1.807) is 103 Å². The monoisotopic (exact) mass is 1010 g/mol. The van der Waals surface area contributed by atoms with Gasteiger partial charge in [0.2, 0.25) is 0 Å². The van der Waals surface area contributed by atoms with E-state index in [4.69, 9.17) is 37.9 Å². The minimum Gasteiger partial charge on any atom is -0.459 e. The molecule has 1 amide bonds. The fourth-order valence-corrected chi connectivity index (χ4v) is 8.88. The second-order valence-corrected chi connectivity index (χ2v) is 17.6. The lowest BCUT2D eigenvalue weighted by molar-refractivity contribution is -0.308. The van der Waals surface area contributed by atoms with Crippen molar-refractivity contribution >= 4 is 35.9 Å². The van der Waals surface area contributed by atoms with E-state index in [0.717, 1.165) is 22.3 Å². The molecule has 75 heavy (non-hydrogen) atoms. The first kappa shape index (κ1) is 51.0. The molecule has 7 aromatic carbocycles. The summed E-state index contributed by atoms with van der Waals surface area (Å²) in [6, 6.07) is 54.7. The molecule has 0 aromatic heterocycles. The van der Waals surface area contributed by atoms with Crippen molar-refractivity contribution in [2.75, 3.05) is 13.2 Å². The van der Waals surface area contributed by atoms with E-state index < -0.39 is 85.4 Å². The molecular formula is C60H51NO14. The van der Waals surface area contributed by atoms with Gasteiger partial charge in [-0.15, -0.1) is 0 Å². The van der Waals surface area contributed by atoms with Crippen molar-refractivity contribution in [1.82, 2.24) is 5.32 Å². The van der Waals surface area contributed by atoms with Crippen LogP contribution in [0.3, 0.4) is 0 Å². The largest absolute Gasteiger partial charge is 0.459 e. The highest BCUT2D eigenvalue weighted by Crippen LogP contribution is 2.44. The van der Waals surface area contributed by atoms with Gasteiger partial charge in [0.15, 0.2) is 30.6 Å². The number of carbonyl (C=O) groups is 6. The molecule has 7 aromatic rings. The average Bonchev–Trinajstić information content (AvgIpc) is 3.80. The first-order chi connectivity index (χ1) is 36.6. The van der Waals surface area contributed by atoms with Crippen LogP contribution in [0, 0.1) is 0 Å². The predicted octanol–water partition coefficient (Wildman–Crippen LogP) is 9.30. The smallest absolute Gasteiger partial charge is 0.407 e. The van der Waals surface area contributed by atoms with Crippen LogP contribution in [0.4, 0.5) is 4.79 Å². The summed E-state index contributed by atoms with van der Waals surface area (Å²) in [5.41, 5.74) is 5.05. The van der Waals surface area contributed by atoms with E-state index in [0.29, 0.717) is 5.56 Å². The molecule has 2 aliphatic rings. The Morgan fingerprint density at radius 3 is 1.40 bits per heavy atom. The highest BCUT2D eigenvalue weighted by Gasteiger charge is 2.54. The van der Waals surface area contributed by atoms with Gasteiger partial charge >= 0.3 is 35.9 Å². The van der Waals surface area contributed by atoms with Gasteiger partial charge in [0.05, 0.1) is 28.4 Å². The number of benzene rings is 7. The number of ether oxygens (including phenoxy) is 8. The summed E-state index contributed by atoms with van der Waals surface area (Å²) in [4.78, 5) is 84.3. The van der Waals surface area contributed by atoms with Crippen LogP contribution in [0.1, 0.15) is 71.0 Å². The quantitative estimate of drug-likeness (QED) is 0.0633. The number of rotatable bonds is 18.